The first-order chi connectivity index (χ1) is 39.1. The molecule has 11 N–H and O–H groups in total. The standard InChI is InChI=1S/C19H17ClN2O3S.C17H13ClN2O3S.C12H10BrClO2S.C7H8N2O.I5/c1-2-25-19(24)17-13(16-14(20)4-3-5-15(16)26-17)10-22-12-8-6-11(7-9-12)18(21)23;18-12-2-1-3-13-14(12)11(15(24-13)17(22)23)8-20-10-6-4-9(5-7-10)16(19)21;1-2-16-12(15)11-7(6-13)10-8(14)4-3-5-9(10)17-11;8-6-3-1-5(2-4-6)7(9)10;1-4-5(2)3/h3-9,22H,2,10H2,1H3,(H2,21,23);1-7,20H,8H2,(H2,19,21)(H,22,23);3-5H,2,6H2,1H3;1-4H,8H2,(H2,9,10);/q;;;;-1. The average molecular weight is 1850 g/mol. The SMILES string of the molecule is CCOC(=O)c1sc2cccc(Cl)c2c1CBr.CCOC(=O)c1sc2cccc(Cl)c2c1CNc1ccc(C(N)=O)cc1.I[I-]I(I)I.NC(=O)c1ccc(N)cc1.NC(=O)c1ccc(NCc2c(C(=O)O)sc3cccc(Cl)c23)cc1. The van der Waals surface area contributed by atoms with Gasteiger partial charge in [0.05, 0.1) is 13.2 Å². The normalized spacial score (nSPS) is 10.6. The number of benzene rings is 6. The van der Waals surface area contributed by atoms with Crippen molar-refractivity contribution in [2.45, 2.75) is 32.3 Å². The number of esters is 2. The van der Waals surface area contributed by atoms with Crippen molar-refractivity contribution in [2.24, 2.45) is 17.2 Å². The van der Waals surface area contributed by atoms with Crippen LogP contribution in [0.3, 0.4) is 0 Å². The van der Waals surface area contributed by atoms with Crippen molar-refractivity contribution in [3.63, 3.8) is 0 Å². The Bertz CT molecular complexity index is 3710. The Labute approximate surface area is 550 Å². The van der Waals surface area contributed by atoms with E-state index in [0.29, 0.717) is 97.7 Å². The molecule has 27 heteroatoms. The number of aromatic carboxylic acids is 1. The van der Waals surface area contributed by atoms with Crippen LogP contribution in [0.4, 0.5) is 17.1 Å². The number of ether oxygens (including phenoxy) is 2. The molecule has 3 aromatic heterocycles. The first-order valence-corrected chi connectivity index (χ1v) is 53.4. The number of halogens is 9. The van der Waals surface area contributed by atoms with Crippen molar-refractivity contribution < 1.29 is 56.6 Å². The summed E-state index contributed by atoms with van der Waals surface area (Å²) in [6, 6.07) is 36.6. The summed E-state index contributed by atoms with van der Waals surface area (Å²) >= 11 is 34.6. The minimum atomic E-state index is -0.979. The minimum Gasteiger partial charge on any atom is -0.477 e. The fourth-order valence-corrected chi connectivity index (χ4v) is 12.5. The predicted molar refractivity (Wildman–Crippen MR) is 372 cm³/mol. The van der Waals surface area contributed by atoms with Crippen LogP contribution in [0.5, 0.6) is 0 Å². The Kier molecular flexibility index (Phi) is 29.1. The number of thiophene rings is 3. The van der Waals surface area contributed by atoms with Crippen LogP contribution in [0.2, 0.25) is 15.1 Å². The molecule has 0 saturated carbocycles. The van der Waals surface area contributed by atoms with Gasteiger partial charge >= 0.3 is 94.9 Å². The number of carbonyl (C=O) groups is 6. The first-order valence-electron chi connectivity index (χ1n) is 23.6. The van der Waals surface area contributed by atoms with Gasteiger partial charge in [0.2, 0.25) is 17.7 Å². The van der Waals surface area contributed by atoms with Crippen molar-refractivity contribution in [2.75, 3.05) is 29.6 Å². The third kappa shape index (κ3) is 19.7. The van der Waals surface area contributed by atoms with Crippen molar-refractivity contribution in [3.05, 3.63) is 190 Å². The summed E-state index contributed by atoms with van der Waals surface area (Å²) < 4.78 is 13.0. The maximum Gasteiger partial charge on any atom is 0.346 e. The molecule has 0 saturated heterocycles. The zero-order chi connectivity index (χ0) is 60.2. The predicted octanol–water partition coefficient (Wildman–Crippen LogP) is 13.9. The van der Waals surface area contributed by atoms with Crippen LogP contribution in [0.25, 0.3) is 30.3 Å². The zero-order valence-electron chi connectivity index (χ0n) is 42.8. The third-order valence-corrected chi connectivity index (χ3v) is 98.7. The second kappa shape index (κ2) is 34.5. The largest absolute Gasteiger partial charge is 0.477 e. The molecule has 9 rings (SSSR count). The van der Waals surface area contributed by atoms with Gasteiger partial charge < -0.3 is 48.1 Å². The van der Waals surface area contributed by atoms with Crippen LogP contribution in [-0.2, 0) is 27.9 Å². The first kappa shape index (κ1) is 69.2. The number of carbonyl (C=O) groups excluding carboxylic acids is 5. The van der Waals surface area contributed by atoms with Gasteiger partial charge in [-0.25, -0.2) is 14.4 Å². The van der Waals surface area contributed by atoms with Crippen LogP contribution in [0.1, 0.15) is 90.6 Å². The number of amides is 3. The van der Waals surface area contributed by atoms with Gasteiger partial charge in [0, 0.05) is 109 Å². The van der Waals surface area contributed by atoms with Gasteiger partial charge in [-0.3, -0.25) is 14.4 Å². The molecule has 82 heavy (non-hydrogen) atoms. The molecule has 0 fully saturated rings. The average Bonchev–Trinajstić information content (AvgIpc) is 3.69. The minimum absolute atomic E-state index is 0.245. The van der Waals surface area contributed by atoms with E-state index in [1.54, 1.807) is 105 Å². The van der Waals surface area contributed by atoms with Gasteiger partial charge in [0.25, 0.3) is 0 Å². The summed E-state index contributed by atoms with van der Waals surface area (Å²) in [5, 5.41) is 20.8. The zero-order valence-corrected chi connectivity index (χ0v) is 59.9. The Morgan fingerprint density at radius 2 is 0.878 bits per heavy atom. The van der Waals surface area contributed by atoms with Gasteiger partial charge in [-0.1, -0.05) is 68.9 Å². The van der Waals surface area contributed by atoms with Crippen LogP contribution >= 0.6 is 148 Å². The quantitative estimate of drug-likeness (QED) is 0.0206. The van der Waals surface area contributed by atoms with Gasteiger partial charge in [0.15, 0.2) is 0 Å². The monoisotopic (exact) mass is 1850 g/mol. The van der Waals surface area contributed by atoms with E-state index >= 15 is 0 Å². The molecular formula is C55H48BrCl3I5N6O9S3-. The molecule has 0 radical (unpaired) electrons. The number of nitrogens with two attached hydrogens (primary N) is 4. The maximum absolute atomic E-state index is 12.3. The topological polar surface area (TPSA) is 269 Å². The number of alkyl halides is 1. The smallest absolute Gasteiger partial charge is 0.346 e. The second-order valence-corrected chi connectivity index (χ2v) is 86.2. The van der Waals surface area contributed by atoms with Crippen molar-refractivity contribution in [1.82, 2.24) is 0 Å². The van der Waals surface area contributed by atoms with Crippen LogP contribution in [-0.4, -0.2) is 53.9 Å². The number of carboxylic acids is 1. The summed E-state index contributed by atoms with van der Waals surface area (Å²) in [5.41, 5.74) is 26.7. The number of carboxylic acid groups (broad SMARTS) is 1. The number of primary amides is 3. The van der Waals surface area contributed by atoms with Crippen LogP contribution < -0.4 is 46.8 Å². The molecule has 15 nitrogen and oxygen atoms in total. The molecule has 0 atom stereocenters. The summed E-state index contributed by atoms with van der Waals surface area (Å²) in [7, 11) is -0.245. The molecule has 6 aromatic carbocycles. The molecule has 0 aliphatic carbocycles. The Morgan fingerprint density at radius 3 is 1.20 bits per heavy atom. The number of rotatable bonds is 16. The van der Waals surface area contributed by atoms with E-state index in [0.717, 1.165) is 52.8 Å². The Morgan fingerprint density at radius 1 is 0.561 bits per heavy atom. The number of nitrogens with one attached hydrogen (secondary N) is 2. The van der Waals surface area contributed by atoms with Gasteiger partial charge in [-0.2, -0.15) is 0 Å². The molecule has 3 amide bonds. The Hall–Kier alpha value is -3.58. The van der Waals surface area contributed by atoms with E-state index < -0.39 is 23.7 Å². The molecular weight excluding hydrogens is 1810 g/mol. The molecule has 0 spiro atoms. The van der Waals surface area contributed by atoms with Crippen molar-refractivity contribution >= 4 is 231 Å². The fraction of sp³-hybridized carbons (Fsp3) is 0.127. The summed E-state index contributed by atoms with van der Waals surface area (Å²) in [5.74, 6) is -3.01. The van der Waals surface area contributed by atoms with Gasteiger partial charge in [-0.15, -0.1) is 34.0 Å². The van der Waals surface area contributed by atoms with E-state index in [4.69, 9.17) is 67.2 Å². The van der Waals surface area contributed by atoms with Crippen LogP contribution in [0.15, 0.2) is 127 Å². The van der Waals surface area contributed by atoms with E-state index in [2.05, 4.69) is 82.4 Å². The maximum atomic E-state index is 12.3. The number of hydrogen-bond donors (Lipinski definition) is 7. The summed E-state index contributed by atoms with van der Waals surface area (Å²) in [6.45, 7) is 4.96. The summed E-state index contributed by atoms with van der Waals surface area (Å²) in [4.78, 5) is 69.9. The number of fused-ring (bicyclic) bond motifs is 3. The molecule has 0 aliphatic rings. The Balaban J connectivity index is 0.000000203. The van der Waals surface area contributed by atoms with Gasteiger partial charge in [0.1, 0.15) is 14.6 Å². The van der Waals surface area contributed by atoms with E-state index in [1.165, 1.54) is 34.0 Å². The molecule has 9 aromatic rings. The third-order valence-electron chi connectivity index (χ3n) is 11.1. The van der Waals surface area contributed by atoms with E-state index in [-0.39, 0.29) is 24.7 Å². The molecule has 0 unspecified atom stereocenters. The second-order valence-electron chi connectivity index (χ2n) is 16.2. The van der Waals surface area contributed by atoms with Crippen molar-refractivity contribution in [1.29, 1.82) is 0 Å². The van der Waals surface area contributed by atoms with E-state index in [1.807, 2.05) is 36.4 Å². The number of anilines is 3. The van der Waals surface area contributed by atoms with Crippen LogP contribution in [0, 0.1) is 0 Å². The van der Waals surface area contributed by atoms with Gasteiger partial charge in [-0.05, 0) is 129 Å². The number of hydrogen-bond acceptors (Lipinski definition) is 14. The molecule has 0 aliphatic heterocycles. The van der Waals surface area contributed by atoms with E-state index in [9.17, 15) is 33.9 Å². The van der Waals surface area contributed by atoms with Crippen molar-refractivity contribution in [3.8, 4) is 0 Å². The molecule has 0 bridgehead atoms. The number of nitrogen functional groups attached to an aromatic ring is 1. The molecule has 3 heterocycles. The fourth-order valence-electron chi connectivity index (χ4n) is 7.40. The molecule has 434 valence electrons. The summed E-state index contributed by atoms with van der Waals surface area (Å²) in [6.07, 6.45) is 0.